The van der Waals surface area contributed by atoms with E-state index in [9.17, 15) is 9.90 Å². The van der Waals surface area contributed by atoms with Crippen LogP contribution in [-0.4, -0.2) is 62.6 Å². The van der Waals surface area contributed by atoms with Crippen LogP contribution in [0.25, 0.3) is 0 Å². The van der Waals surface area contributed by atoms with Crippen LogP contribution in [0.5, 0.6) is 5.75 Å². The molecule has 1 atom stereocenters. The number of nitrogens with one attached hydrogen (secondary N) is 2. The minimum atomic E-state index is -0.684. The number of ether oxygens (including phenoxy) is 1. The molecule has 196 valence electrons. The first-order chi connectivity index (χ1) is 18.0. The highest BCUT2D eigenvalue weighted by molar-refractivity contribution is 5.92. The summed E-state index contributed by atoms with van der Waals surface area (Å²) in [6.45, 7) is 4.44. The third-order valence-electron chi connectivity index (χ3n) is 7.06. The van der Waals surface area contributed by atoms with E-state index in [0.29, 0.717) is 30.7 Å². The van der Waals surface area contributed by atoms with E-state index in [-0.39, 0.29) is 12.5 Å². The van der Waals surface area contributed by atoms with Gasteiger partial charge < -0.3 is 24.9 Å². The van der Waals surface area contributed by atoms with Gasteiger partial charge in [0.2, 0.25) is 0 Å². The molecule has 3 aromatic rings. The molecule has 1 aliphatic heterocycles. The zero-order valence-corrected chi connectivity index (χ0v) is 21.2. The third kappa shape index (κ3) is 6.64. The molecule has 1 aliphatic carbocycles. The number of aromatic nitrogens is 3. The predicted octanol–water partition coefficient (Wildman–Crippen LogP) is 2.86. The summed E-state index contributed by atoms with van der Waals surface area (Å²) in [7, 11) is 0. The highest BCUT2D eigenvalue weighted by Crippen LogP contribution is 2.25. The number of β-amino-alcohol motifs (C(OH)–C–C–N with tert-alkyl or cyclic N) is 1. The zero-order chi connectivity index (χ0) is 25.6. The molecule has 1 saturated carbocycles. The molecule has 1 amide bonds. The molecule has 37 heavy (non-hydrogen) atoms. The number of hydrogen-bond donors (Lipinski definition) is 3. The molecule has 0 saturated heterocycles. The Morgan fingerprint density at radius 3 is 2.89 bits per heavy atom. The zero-order valence-electron chi connectivity index (χ0n) is 21.2. The number of hydrogen-bond acceptors (Lipinski definition) is 9. The Labute approximate surface area is 216 Å². The molecule has 10 heteroatoms. The minimum Gasteiger partial charge on any atom is -0.486 e. The summed E-state index contributed by atoms with van der Waals surface area (Å²) in [5.74, 6) is 1.89. The lowest BCUT2D eigenvalue weighted by Crippen LogP contribution is -2.42. The van der Waals surface area contributed by atoms with Gasteiger partial charge in [-0.15, -0.1) is 0 Å². The minimum absolute atomic E-state index is 0.158. The number of oxazole rings is 1. The fourth-order valence-electron chi connectivity index (χ4n) is 4.95. The number of benzene rings is 1. The van der Waals surface area contributed by atoms with Crippen molar-refractivity contribution in [2.75, 3.05) is 25.0 Å². The number of aliphatic hydroxyl groups excluding tert-OH is 1. The van der Waals surface area contributed by atoms with Gasteiger partial charge in [-0.1, -0.05) is 18.9 Å². The van der Waals surface area contributed by atoms with Crippen molar-refractivity contribution in [2.24, 2.45) is 0 Å². The number of amides is 1. The van der Waals surface area contributed by atoms with Crippen LogP contribution >= 0.6 is 0 Å². The van der Waals surface area contributed by atoms with Crippen molar-refractivity contribution in [3.05, 3.63) is 65.3 Å². The molecule has 2 aromatic heterocycles. The van der Waals surface area contributed by atoms with E-state index in [1.807, 2.05) is 13.0 Å². The average Bonchev–Trinajstić information content (AvgIpc) is 3.57. The second-order valence-electron chi connectivity index (χ2n) is 9.84. The topological polar surface area (TPSA) is 126 Å². The van der Waals surface area contributed by atoms with Gasteiger partial charge in [0.05, 0.1) is 11.8 Å². The second-order valence-corrected chi connectivity index (χ2v) is 9.84. The number of aliphatic hydroxyl groups is 1. The number of anilines is 1. The lowest BCUT2D eigenvalue weighted by Gasteiger charge is -2.30. The average molecular weight is 507 g/mol. The number of carbonyl (C=O) groups excluding carboxylic acids is 1. The molecule has 5 rings (SSSR count). The van der Waals surface area contributed by atoms with Crippen LogP contribution in [0.3, 0.4) is 0 Å². The van der Waals surface area contributed by atoms with E-state index in [1.165, 1.54) is 36.7 Å². The Kier molecular flexibility index (Phi) is 7.96. The van der Waals surface area contributed by atoms with Crippen LogP contribution in [0.2, 0.25) is 0 Å². The van der Waals surface area contributed by atoms with E-state index in [2.05, 4.69) is 42.6 Å². The van der Waals surface area contributed by atoms with E-state index in [1.54, 1.807) is 6.07 Å². The summed E-state index contributed by atoms with van der Waals surface area (Å²) in [5, 5.41) is 16.8. The predicted molar refractivity (Wildman–Crippen MR) is 137 cm³/mol. The number of nitrogens with zero attached hydrogens (tertiary/aromatic N) is 4. The summed E-state index contributed by atoms with van der Waals surface area (Å²) < 4.78 is 11.2. The van der Waals surface area contributed by atoms with Gasteiger partial charge in [0, 0.05) is 38.3 Å². The third-order valence-corrected chi connectivity index (χ3v) is 7.06. The molecule has 2 aliphatic rings. The van der Waals surface area contributed by atoms with Crippen LogP contribution in [0.1, 0.15) is 58.8 Å². The van der Waals surface area contributed by atoms with Gasteiger partial charge in [-0.25, -0.2) is 15.0 Å². The normalized spacial score (nSPS) is 16.8. The first kappa shape index (κ1) is 25.2. The van der Waals surface area contributed by atoms with Crippen molar-refractivity contribution in [2.45, 2.75) is 64.3 Å². The molecule has 1 aromatic carbocycles. The van der Waals surface area contributed by atoms with Crippen molar-refractivity contribution in [3.8, 4) is 5.75 Å². The molecule has 3 N–H and O–H groups in total. The van der Waals surface area contributed by atoms with Crippen LogP contribution in [-0.2, 0) is 19.6 Å². The molecular weight excluding hydrogens is 472 g/mol. The highest BCUT2D eigenvalue weighted by atomic mass is 16.5. The Morgan fingerprint density at radius 2 is 2.08 bits per heavy atom. The van der Waals surface area contributed by atoms with Gasteiger partial charge in [-0.3, -0.25) is 9.69 Å². The molecule has 10 nitrogen and oxygen atoms in total. The van der Waals surface area contributed by atoms with Gasteiger partial charge in [-0.2, -0.15) is 0 Å². The smallest absolute Gasteiger partial charge is 0.270 e. The van der Waals surface area contributed by atoms with E-state index in [0.717, 1.165) is 49.6 Å². The van der Waals surface area contributed by atoms with Gasteiger partial charge >= 0.3 is 0 Å². The fourth-order valence-corrected chi connectivity index (χ4v) is 4.95. The summed E-state index contributed by atoms with van der Waals surface area (Å²) in [6.07, 6.45) is 7.69. The van der Waals surface area contributed by atoms with Crippen molar-refractivity contribution >= 4 is 11.7 Å². The molecule has 0 spiro atoms. The summed E-state index contributed by atoms with van der Waals surface area (Å²) in [5.41, 5.74) is 3.60. The van der Waals surface area contributed by atoms with Crippen molar-refractivity contribution in [1.29, 1.82) is 0 Å². The van der Waals surface area contributed by atoms with Crippen molar-refractivity contribution in [1.82, 2.24) is 25.2 Å². The van der Waals surface area contributed by atoms with Crippen LogP contribution < -0.4 is 15.4 Å². The Morgan fingerprint density at radius 1 is 1.22 bits per heavy atom. The second kappa shape index (κ2) is 11.7. The Balaban J connectivity index is 1.07. The Bertz CT molecular complexity index is 1210. The van der Waals surface area contributed by atoms with E-state index < -0.39 is 6.10 Å². The fraction of sp³-hybridized carbons (Fsp3) is 0.481. The van der Waals surface area contributed by atoms with Crippen molar-refractivity contribution < 1.29 is 19.1 Å². The number of aryl methyl sites for hydroxylation is 1. The molecule has 0 radical (unpaired) electrons. The first-order valence-electron chi connectivity index (χ1n) is 12.9. The maximum absolute atomic E-state index is 12.6. The lowest BCUT2D eigenvalue weighted by molar-refractivity contribution is 0.0838. The molecule has 0 bridgehead atoms. The highest BCUT2D eigenvalue weighted by Gasteiger charge is 2.21. The van der Waals surface area contributed by atoms with Gasteiger partial charge in [0.15, 0.2) is 12.2 Å². The quantitative estimate of drug-likeness (QED) is 0.380. The summed E-state index contributed by atoms with van der Waals surface area (Å²) in [4.78, 5) is 27.2. The number of rotatable bonds is 10. The Hall–Kier alpha value is -3.50. The SMILES string of the molecule is Cc1ncoc1COc1ccc2c(c1)CCN(C[C@@H](O)CNC(=O)c1cc(NC3CCCC3)ncn1)C2. The molecular formula is C27H34N6O4. The lowest BCUT2D eigenvalue weighted by atomic mass is 9.99. The number of fused-ring (bicyclic) bond motifs is 1. The van der Waals surface area contributed by atoms with Gasteiger partial charge in [0.1, 0.15) is 30.2 Å². The van der Waals surface area contributed by atoms with Gasteiger partial charge in [0.25, 0.3) is 5.91 Å². The standard InChI is InChI=1S/C27H34N6O4/c1-18-25(37-17-31-18)15-36-23-7-6-20-13-33(9-8-19(20)10-23)14-22(34)12-28-27(35)24-11-26(30-16-29-24)32-21-4-2-3-5-21/h6-7,10-11,16-17,21-22,34H,2-5,8-9,12-15H2,1H3,(H,28,35)(H,29,30,32)/t22-/m0/s1. The van der Waals surface area contributed by atoms with Gasteiger partial charge in [-0.05, 0) is 49.4 Å². The largest absolute Gasteiger partial charge is 0.486 e. The van der Waals surface area contributed by atoms with Crippen LogP contribution in [0.4, 0.5) is 5.82 Å². The van der Waals surface area contributed by atoms with Crippen molar-refractivity contribution in [3.63, 3.8) is 0 Å². The summed E-state index contributed by atoms with van der Waals surface area (Å²) in [6, 6.07) is 8.19. The molecule has 3 heterocycles. The van der Waals surface area contributed by atoms with E-state index >= 15 is 0 Å². The number of carbonyl (C=O) groups is 1. The van der Waals surface area contributed by atoms with Crippen LogP contribution in [0.15, 0.2) is 41.4 Å². The maximum atomic E-state index is 12.6. The van der Waals surface area contributed by atoms with Crippen LogP contribution in [0, 0.1) is 6.92 Å². The molecule has 1 fully saturated rings. The summed E-state index contributed by atoms with van der Waals surface area (Å²) >= 11 is 0. The monoisotopic (exact) mass is 506 g/mol. The van der Waals surface area contributed by atoms with E-state index in [4.69, 9.17) is 9.15 Å². The molecule has 0 unspecified atom stereocenters. The maximum Gasteiger partial charge on any atom is 0.270 e. The first-order valence-corrected chi connectivity index (χ1v) is 12.9.